The summed E-state index contributed by atoms with van der Waals surface area (Å²) < 4.78 is 43.9. The first-order chi connectivity index (χ1) is 19.7. The fourth-order valence-corrected chi connectivity index (χ4v) is 5.07. The lowest BCUT2D eigenvalue weighted by Crippen LogP contribution is -2.20. The van der Waals surface area contributed by atoms with Gasteiger partial charge in [-0.1, -0.05) is 72.3 Å². The Bertz CT molecular complexity index is 2000. The molecule has 0 aliphatic rings. The number of alkyl halides is 3. The van der Waals surface area contributed by atoms with Crippen LogP contribution >= 0.6 is 0 Å². The van der Waals surface area contributed by atoms with Gasteiger partial charge in [0.05, 0.1) is 22.7 Å². The highest BCUT2D eigenvalue weighted by molar-refractivity contribution is 6.01. The summed E-state index contributed by atoms with van der Waals surface area (Å²) in [7, 11) is 0. The summed E-state index contributed by atoms with van der Waals surface area (Å²) >= 11 is 0. The lowest BCUT2D eigenvalue weighted by atomic mass is 10.1. The van der Waals surface area contributed by atoms with Gasteiger partial charge in [-0.3, -0.25) is 4.79 Å². The Morgan fingerprint density at radius 1 is 0.854 bits per heavy atom. The smallest absolute Gasteiger partial charge is 0.340 e. The van der Waals surface area contributed by atoms with Gasteiger partial charge in [0.25, 0.3) is 5.56 Å². The van der Waals surface area contributed by atoms with Gasteiger partial charge in [0.15, 0.2) is 5.82 Å². The van der Waals surface area contributed by atoms with Crippen LogP contribution in [0, 0.1) is 13.8 Å². The first-order valence-corrected chi connectivity index (χ1v) is 13.1. The van der Waals surface area contributed by atoms with Crippen molar-refractivity contribution in [2.75, 3.05) is 0 Å². The molecule has 0 aliphatic carbocycles. The molecule has 0 fully saturated rings. The minimum absolute atomic E-state index is 0.0251. The van der Waals surface area contributed by atoms with Gasteiger partial charge in [0.1, 0.15) is 0 Å². The minimum atomic E-state index is -4.54. The predicted molar refractivity (Wildman–Crippen MR) is 156 cm³/mol. The predicted octanol–water partition coefficient (Wildman–Crippen LogP) is 7.58. The first-order valence-electron chi connectivity index (χ1n) is 13.1. The van der Waals surface area contributed by atoms with Gasteiger partial charge in [0.2, 0.25) is 0 Å². The van der Waals surface area contributed by atoms with Crippen molar-refractivity contribution in [2.45, 2.75) is 26.6 Å². The molecule has 0 radical (unpaired) electrons. The van der Waals surface area contributed by atoms with Crippen molar-refractivity contribution in [3.63, 3.8) is 0 Å². The molecule has 0 saturated carbocycles. The molecule has 204 valence electrons. The standard InChI is InChI=1S/C33H25F3N4O/c1-21-14-16-23(17-15-21)20-39-22(2)28(26-10-4-6-13-30(26)39)19-37-40-31(24-8-7-9-25(18-24)33(34,35)36)38-29-12-5-3-11-27(29)32(40)41/h3-19H,20H2,1-2H3. The summed E-state index contributed by atoms with van der Waals surface area (Å²) in [5, 5.41) is 5.83. The number of fused-ring (bicyclic) bond motifs is 2. The van der Waals surface area contributed by atoms with Crippen LogP contribution in [-0.2, 0) is 12.7 Å². The number of hydrogen-bond donors (Lipinski definition) is 0. The molecule has 6 rings (SSSR count). The van der Waals surface area contributed by atoms with Crippen molar-refractivity contribution in [3.05, 3.63) is 135 Å². The van der Waals surface area contributed by atoms with Gasteiger partial charge in [-0.25, -0.2) is 4.98 Å². The maximum absolute atomic E-state index is 13.6. The van der Waals surface area contributed by atoms with Crippen LogP contribution in [0.3, 0.4) is 0 Å². The number of para-hydroxylation sites is 2. The minimum Gasteiger partial charge on any atom is -0.340 e. The molecular formula is C33H25F3N4O. The van der Waals surface area contributed by atoms with Crippen molar-refractivity contribution < 1.29 is 13.2 Å². The molecule has 0 bridgehead atoms. The average molecular weight is 551 g/mol. The first kappa shape index (κ1) is 26.3. The second-order valence-corrected chi connectivity index (χ2v) is 9.98. The van der Waals surface area contributed by atoms with E-state index in [2.05, 4.69) is 38.9 Å². The number of hydrogen-bond acceptors (Lipinski definition) is 3. The summed E-state index contributed by atoms with van der Waals surface area (Å²) in [6.45, 7) is 4.68. The van der Waals surface area contributed by atoms with Gasteiger partial charge in [-0.2, -0.15) is 22.9 Å². The summed E-state index contributed by atoms with van der Waals surface area (Å²) in [4.78, 5) is 18.2. The van der Waals surface area contributed by atoms with Crippen LogP contribution in [0.5, 0.6) is 0 Å². The third-order valence-corrected chi connectivity index (χ3v) is 7.25. The third-order valence-electron chi connectivity index (χ3n) is 7.25. The van der Waals surface area contributed by atoms with Crippen molar-refractivity contribution >= 4 is 28.0 Å². The fourth-order valence-electron chi connectivity index (χ4n) is 5.07. The molecule has 2 aromatic heterocycles. The second-order valence-electron chi connectivity index (χ2n) is 9.98. The Balaban J connectivity index is 1.52. The van der Waals surface area contributed by atoms with E-state index in [9.17, 15) is 18.0 Å². The van der Waals surface area contributed by atoms with E-state index in [1.54, 1.807) is 30.5 Å². The Kier molecular flexibility index (Phi) is 6.53. The highest BCUT2D eigenvalue weighted by Gasteiger charge is 2.31. The molecule has 0 unspecified atom stereocenters. The number of nitrogens with zero attached hydrogens (tertiary/aromatic N) is 4. The highest BCUT2D eigenvalue weighted by atomic mass is 19.4. The van der Waals surface area contributed by atoms with Crippen molar-refractivity contribution in [1.82, 2.24) is 14.2 Å². The molecule has 6 aromatic rings. The molecule has 0 aliphatic heterocycles. The molecule has 5 nitrogen and oxygen atoms in total. The van der Waals surface area contributed by atoms with Crippen LogP contribution < -0.4 is 5.56 Å². The quantitative estimate of drug-likeness (QED) is 0.208. The van der Waals surface area contributed by atoms with Gasteiger partial charge >= 0.3 is 6.18 Å². The van der Waals surface area contributed by atoms with Crippen LogP contribution in [0.25, 0.3) is 33.2 Å². The van der Waals surface area contributed by atoms with Crippen molar-refractivity contribution in [1.29, 1.82) is 0 Å². The van der Waals surface area contributed by atoms with E-state index in [1.807, 2.05) is 38.1 Å². The molecule has 41 heavy (non-hydrogen) atoms. The lowest BCUT2D eigenvalue weighted by Gasteiger charge is -2.12. The summed E-state index contributed by atoms with van der Waals surface area (Å²) in [5.41, 5.74) is 4.30. The largest absolute Gasteiger partial charge is 0.416 e. The average Bonchev–Trinajstić information content (AvgIpc) is 3.23. The van der Waals surface area contributed by atoms with Crippen LogP contribution in [-0.4, -0.2) is 20.4 Å². The molecule has 0 spiro atoms. The normalized spacial score (nSPS) is 12.1. The molecule has 4 aromatic carbocycles. The SMILES string of the molecule is Cc1ccc(Cn2c(C)c(C=Nn3c(-c4cccc(C(F)(F)F)c4)nc4ccccc4c3=O)c3ccccc32)cc1. The van der Waals surface area contributed by atoms with Crippen LogP contribution in [0.15, 0.2) is 107 Å². The van der Waals surface area contributed by atoms with E-state index < -0.39 is 17.3 Å². The van der Waals surface area contributed by atoms with E-state index in [0.717, 1.165) is 44.5 Å². The van der Waals surface area contributed by atoms with E-state index in [1.165, 1.54) is 17.7 Å². The summed E-state index contributed by atoms with van der Waals surface area (Å²) in [5.74, 6) is 0.0251. The lowest BCUT2D eigenvalue weighted by molar-refractivity contribution is -0.137. The Morgan fingerprint density at radius 2 is 1.56 bits per heavy atom. The van der Waals surface area contributed by atoms with E-state index in [4.69, 9.17) is 0 Å². The van der Waals surface area contributed by atoms with Gasteiger partial charge in [0, 0.05) is 34.3 Å². The van der Waals surface area contributed by atoms with Crippen LogP contribution in [0.1, 0.15) is 27.9 Å². The van der Waals surface area contributed by atoms with E-state index in [-0.39, 0.29) is 11.4 Å². The van der Waals surface area contributed by atoms with Gasteiger partial charge in [-0.05, 0) is 49.7 Å². The Labute approximate surface area is 233 Å². The molecule has 8 heteroatoms. The van der Waals surface area contributed by atoms with E-state index >= 15 is 0 Å². The topological polar surface area (TPSA) is 52.2 Å². The monoisotopic (exact) mass is 550 g/mol. The number of rotatable bonds is 5. The fraction of sp³-hybridized carbons (Fsp3) is 0.121. The molecular weight excluding hydrogens is 525 g/mol. The zero-order valence-corrected chi connectivity index (χ0v) is 22.4. The van der Waals surface area contributed by atoms with Crippen LogP contribution in [0.2, 0.25) is 0 Å². The molecule has 0 atom stereocenters. The summed E-state index contributed by atoms with van der Waals surface area (Å²) in [6, 6.07) is 27.8. The Hall–Kier alpha value is -4.98. The molecule has 0 N–H and O–H groups in total. The zero-order chi connectivity index (χ0) is 28.7. The number of aryl methyl sites for hydroxylation is 1. The van der Waals surface area contributed by atoms with Crippen molar-refractivity contribution in [3.8, 4) is 11.4 Å². The maximum Gasteiger partial charge on any atom is 0.416 e. The highest BCUT2D eigenvalue weighted by Crippen LogP contribution is 2.32. The second kappa shape index (κ2) is 10.2. The number of aromatic nitrogens is 3. The van der Waals surface area contributed by atoms with E-state index in [0.29, 0.717) is 17.4 Å². The van der Waals surface area contributed by atoms with Gasteiger partial charge < -0.3 is 4.57 Å². The molecule has 2 heterocycles. The number of halogens is 3. The Morgan fingerprint density at radius 3 is 2.32 bits per heavy atom. The van der Waals surface area contributed by atoms with Crippen molar-refractivity contribution in [2.24, 2.45) is 5.10 Å². The molecule has 0 saturated heterocycles. The molecule has 0 amide bonds. The maximum atomic E-state index is 13.6. The number of benzene rings is 4. The van der Waals surface area contributed by atoms with Gasteiger partial charge in [-0.15, -0.1) is 0 Å². The van der Waals surface area contributed by atoms with Crippen LogP contribution in [0.4, 0.5) is 13.2 Å². The summed E-state index contributed by atoms with van der Waals surface area (Å²) in [6.07, 6.45) is -2.95. The zero-order valence-electron chi connectivity index (χ0n) is 22.4. The third kappa shape index (κ3) is 4.93.